The maximum Gasteiger partial charge on any atom is 0.242 e. The van der Waals surface area contributed by atoms with Gasteiger partial charge in [-0.15, -0.1) is 11.8 Å². The van der Waals surface area contributed by atoms with Gasteiger partial charge >= 0.3 is 0 Å². The van der Waals surface area contributed by atoms with E-state index in [0.717, 1.165) is 38.2 Å². The number of carbonyl (C=O) groups is 1. The maximum absolute atomic E-state index is 12.0. The van der Waals surface area contributed by atoms with E-state index in [2.05, 4.69) is 5.32 Å². The normalized spacial score (nSPS) is 27.1. The van der Waals surface area contributed by atoms with Crippen LogP contribution in [0.3, 0.4) is 0 Å². The third kappa shape index (κ3) is 2.76. The lowest BCUT2D eigenvalue weighted by Crippen LogP contribution is -2.55. The van der Waals surface area contributed by atoms with Crippen LogP contribution in [0.2, 0.25) is 0 Å². The number of likely N-dealkylation sites (tertiary alicyclic amines) is 1. The average Bonchev–Trinajstić information content (AvgIpc) is 2.76. The molecule has 1 amide bonds. The van der Waals surface area contributed by atoms with Crippen molar-refractivity contribution in [3.8, 4) is 0 Å². The van der Waals surface area contributed by atoms with Crippen LogP contribution in [0.1, 0.15) is 19.8 Å². The molecule has 0 aromatic heterocycles. The molecule has 4 N–H and O–H groups in total. The molecule has 98 valence electrons. The minimum absolute atomic E-state index is 0.127. The molecule has 2 aliphatic rings. The number of thioether (sulfide) groups is 1. The Labute approximate surface area is 106 Å². The summed E-state index contributed by atoms with van der Waals surface area (Å²) in [5.41, 5.74) is 5.67. The van der Waals surface area contributed by atoms with E-state index < -0.39 is 12.1 Å². The van der Waals surface area contributed by atoms with Gasteiger partial charge < -0.3 is 21.1 Å². The third-order valence-electron chi connectivity index (χ3n) is 3.62. The van der Waals surface area contributed by atoms with E-state index in [1.807, 2.05) is 11.8 Å². The molecule has 2 heterocycles. The second kappa shape index (κ2) is 5.14. The van der Waals surface area contributed by atoms with Gasteiger partial charge in [0.25, 0.3) is 0 Å². The number of aliphatic hydroxyl groups excluding tert-OH is 1. The third-order valence-corrected chi connectivity index (χ3v) is 5.13. The first-order valence-electron chi connectivity index (χ1n) is 6.15. The Morgan fingerprint density at radius 2 is 2.18 bits per heavy atom. The number of aliphatic hydroxyl groups is 1. The lowest BCUT2D eigenvalue weighted by Gasteiger charge is -2.39. The van der Waals surface area contributed by atoms with E-state index in [9.17, 15) is 9.90 Å². The van der Waals surface area contributed by atoms with Crippen LogP contribution in [0.15, 0.2) is 0 Å². The van der Waals surface area contributed by atoms with Crippen molar-refractivity contribution in [1.82, 2.24) is 10.2 Å². The van der Waals surface area contributed by atoms with Gasteiger partial charge in [-0.3, -0.25) is 4.79 Å². The lowest BCUT2D eigenvalue weighted by atomic mass is 10.0. The number of piperidine rings is 1. The van der Waals surface area contributed by atoms with Crippen LogP contribution in [0, 0.1) is 0 Å². The predicted octanol–water partition coefficient (Wildman–Crippen LogP) is -0.650. The number of rotatable bonds is 2. The zero-order valence-electron chi connectivity index (χ0n) is 10.2. The Morgan fingerprint density at radius 1 is 1.53 bits per heavy atom. The first kappa shape index (κ1) is 13.1. The Morgan fingerprint density at radius 3 is 2.65 bits per heavy atom. The van der Waals surface area contributed by atoms with E-state index >= 15 is 0 Å². The van der Waals surface area contributed by atoms with Gasteiger partial charge in [0, 0.05) is 25.4 Å². The molecule has 0 saturated carbocycles. The summed E-state index contributed by atoms with van der Waals surface area (Å²) < 4.78 is 0. The number of amides is 1. The molecule has 2 saturated heterocycles. The van der Waals surface area contributed by atoms with Gasteiger partial charge in [-0.2, -0.15) is 0 Å². The van der Waals surface area contributed by atoms with Gasteiger partial charge in [0.15, 0.2) is 0 Å². The first-order chi connectivity index (χ1) is 8.04. The van der Waals surface area contributed by atoms with Crippen LogP contribution < -0.4 is 11.1 Å². The van der Waals surface area contributed by atoms with Crippen LogP contribution >= 0.6 is 11.8 Å². The number of hydrogen-bond acceptors (Lipinski definition) is 5. The molecule has 1 spiro atoms. The fraction of sp³-hybridized carbons (Fsp3) is 0.909. The largest absolute Gasteiger partial charge is 0.391 e. The molecule has 2 aliphatic heterocycles. The number of hydrogen-bond donors (Lipinski definition) is 3. The van der Waals surface area contributed by atoms with Crippen molar-refractivity contribution in [2.24, 2.45) is 5.73 Å². The second-order valence-electron chi connectivity index (χ2n) is 4.86. The molecule has 0 aromatic rings. The Balaban J connectivity index is 1.88. The summed E-state index contributed by atoms with van der Waals surface area (Å²) in [5.74, 6) is 1.03. The van der Waals surface area contributed by atoms with Crippen molar-refractivity contribution in [2.45, 2.75) is 36.8 Å². The monoisotopic (exact) mass is 259 g/mol. The van der Waals surface area contributed by atoms with Crippen LogP contribution in [0.4, 0.5) is 0 Å². The highest BCUT2D eigenvalue weighted by Gasteiger charge is 2.39. The molecule has 17 heavy (non-hydrogen) atoms. The van der Waals surface area contributed by atoms with Gasteiger partial charge in [0.05, 0.1) is 11.0 Å². The highest BCUT2D eigenvalue weighted by Crippen LogP contribution is 2.36. The van der Waals surface area contributed by atoms with Crippen molar-refractivity contribution >= 4 is 17.7 Å². The van der Waals surface area contributed by atoms with Gasteiger partial charge in [-0.25, -0.2) is 0 Å². The summed E-state index contributed by atoms with van der Waals surface area (Å²) in [6.45, 7) is 4.09. The molecule has 0 aromatic carbocycles. The van der Waals surface area contributed by atoms with Crippen molar-refractivity contribution in [1.29, 1.82) is 0 Å². The summed E-state index contributed by atoms with van der Waals surface area (Å²) in [7, 11) is 0. The van der Waals surface area contributed by atoms with Gasteiger partial charge in [0.1, 0.15) is 6.04 Å². The van der Waals surface area contributed by atoms with Gasteiger partial charge in [-0.05, 0) is 19.8 Å². The number of carbonyl (C=O) groups excluding carboxylic acids is 1. The van der Waals surface area contributed by atoms with Gasteiger partial charge in [0.2, 0.25) is 5.91 Å². The van der Waals surface area contributed by atoms with Gasteiger partial charge in [-0.1, -0.05) is 0 Å². The van der Waals surface area contributed by atoms with E-state index in [0.29, 0.717) is 0 Å². The lowest BCUT2D eigenvalue weighted by molar-refractivity contribution is -0.136. The van der Waals surface area contributed by atoms with Crippen LogP contribution in [0.5, 0.6) is 0 Å². The molecule has 2 atom stereocenters. The predicted molar refractivity (Wildman–Crippen MR) is 68.7 cm³/mol. The van der Waals surface area contributed by atoms with E-state index in [4.69, 9.17) is 5.73 Å². The molecular formula is C11H21N3O2S. The second-order valence-corrected chi connectivity index (χ2v) is 6.34. The van der Waals surface area contributed by atoms with Crippen molar-refractivity contribution < 1.29 is 9.90 Å². The first-order valence-corrected chi connectivity index (χ1v) is 7.14. The topological polar surface area (TPSA) is 78.6 Å². The summed E-state index contributed by atoms with van der Waals surface area (Å²) >= 11 is 1.96. The molecule has 5 nitrogen and oxygen atoms in total. The average molecular weight is 259 g/mol. The molecule has 0 radical (unpaired) electrons. The molecule has 2 fully saturated rings. The fourth-order valence-corrected chi connectivity index (χ4v) is 3.67. The highest BCUT2D eigenvalue weighted by atomic mass is 32.2. The highest BCUT2D eigenvalue weighted by molar-refractivity contribution is 8.00. The Hall–Kier alpha value is -0.300. The molecule has 2 rings (SSSR count). The molecule has 6 heteroatoms. The van der Waals surface area contributed by atoms with E-state index in [1.54, 1.807) is 11.8 Å². The van der Waals surface area contributed by atoms with E-state index in [1.165, 1.54) is 0 Å². The van der Waals surface area contributed by atoms with E-state index in [-0.39, 0.29) is 10.8 Å². The van der Waals surface area contributed by atoms with Crippen molar-refractivity contribution in [3.63, 3.8) is 0 Å². The molecule has 0 aliphatic carbocycles. The zero-order chi connectivity index (χ0) is 12.5. The SMILES string of the molecule is C[C@@H](O)[C@H](N)C(=O)N1CCC2(CC1)NCCS2. The Kier molecular flexibility index (Phi) is 3.97. The maximum atomic E-state index is 12.0. The molecular weight excluding hydrogens is 238 g/mol. The van der Waals surface area contributed by atoms with Crippen molar-refractivity contribution in [2.75, 3.05) is 25.4 Å². The van der Waals surface area contributed by atoms with Crippen LogP contribution in [-0.2, 0) is 4.79 Å². The zero-order valence-corrected chi connectivity index (χ0v) is 11.0. The quantitative estimate of drug-likeness (QED) is 0.614. The standard InChI is InChI=1S/C11H21N3O2S/c1-8(15)9(12)10(16)14-5-2-11(3-6-14)13-4-7-17-11/h8-9,13,15H,2-7,12H2,1H3/t8-,9+/m1/s1. The number of nitrogens with zero attached hydrogens (tertiary/aromatic N) is 1. The summed E-state index contributed by atoms with van der Waals surface area (Å²) in [5, 5.41) is 12.9. The van der Waals surface area contributed by atoms with Crippen LogP contribution in [-0.4, -0.2) is 58.3 Å². The van der Waals surface area contributed by atoms with Crippen molar-refractivity contribution in [3.05, 3.63) is 0 Å². The minimum atomic E-state index is -0.784. The Bertz CT molecular complexity index is 282. The molecule has 0 unspecified atom stereocenters. The number of nitrogens with two attached hydrogens (primary N) is 1. The number of nitrogens with one attached hydrogen (secondary N) is 1. The van der Waals surface area contributed by atoms with Crippen LogP contribution in [0.25, 0.3) is 0 Å². The molecule has 0 bridgehead atoms. The minimum Gasteiger partial charge on any atom is -0.391 e. The summed E-state index contributed by atoms with van der Waals surface area (Å²) in [6, 6.07) is -0.784. The smallest absolute Gasteiger partial charge is 0.242 e. The summed E-state index contributed by atoms with van der Waals surface area (Å²) in [6.07, 6.45) is 1.16. The fourth-order valence-electron chi connectivity index (χ4n) is 2.40. The summed E-state index contributed by atoms with van der Waals surface area (Å²) in [4.78, 5) is 13.9.